The molecule has 6 nitrogen and oxygen atoms in total. The van der Waals surface area contributed by atoms with E-state index in [-0.39, 0.29) is 0 Å². The first-order valence-electron chi connectivity index (χ1n) is 3.34. The van der Waals surface area contributed by atoms with Crippen LogP contribution in [0.5, 0.6) is 0 Å². The molecule has 70 valence electrons. The van der Waals surface area contributed by atoms with Crippen LogP contribution in [0.3, 0.4) is 0 Å². The van der Waals surface area contributed by atoms with Gasteiger partial charge in [-0.1, -0.05) is 0 Å². The lowest BCUT2D eigenvalue weighted by Crippen LogP contribution is -2.47. The fourth-order valence-corrected chi connectivity index (χ4v) is 0.583. The van der Waals surface area contributed by atoms with Gasteiger partial charge in [0.25, 0.3) is 11.8 Å². The molecule has 0 fully saturated rings. The minimum atomic E-state index is -1.73. The van der Waals surface area contributed by atoms with E-state index < -0.39 is 24.0 Å². The highest BCUT2D eigenvalue weighted by Gasteiger charge is 2.28. The number of amides is 2. The van der Waals surface area contributed by atoms with Crippen molar-refractivity contribution in [3.63, 3.8) is 0 Å². The highest BCUT2D eigenvalue weighted by molar-refractivity contribution is 5.90. The van der Waals surface area contributed by atoms with Gasteiger partial charge in [-0.15, -0.1) is 0 Å². The van der Waals surface area contributed by atoms with Crippen LogP contribution < -0.4 is 10.6 Å². The topological polar surface area (TPSA) is 98.7 Å². The minimum absolute atomic E-state index is 0.800. The first-order chi connectivity index (χ1) is 5.54. The van der Waals surface area contributed by atoms with Crippen LogP contribution in [0, 0.1) is 0 Å². The summed E-state index contributed by atoms with van der Waals surface area (Å²) in [6, 6.07) is 0. The Labute approximate surface area is 69.6 Å². The molecule has 0 aliphatic heterocycles. The van der Waals surface area contributed by atoms with Gasteiger partial charge in [0.2, 0.25) is 0 Å². The second kappa shape index (κ2) is 4.68. The standard InChI is InChI=1S/C6H12N2O4/c1-7-5(11)3(9)4(10)6(12)8-2/h3-4,9-10H,1-2H3,(H,7,11)(H,8,12)/t3-,4+. The van der Waals surface area contributed by atoms with Gasteiger partial charge in [-0.3, -0.25) is 9.59 Å². The van der Waals surface area contributed by atoms with Crippen molar-refractivity contribution in [1.29, 1.82) is 0 Å². The molecule has 0 spiro atoms. The zero-order chi connectivity index (χ0) is 9.72. The molecule has 4 N–H and O–H groups in total. The Morgan fingerprint density at radius 2 is 1.25 bits per heavy atom. The number of likely N-dealkylation sites (N-methyl/N-ethyl adjacent to an activating group) is 2. The molecule has 0 saturated carbocycles. The molecular formula is C6H12N2O4. The number of aliphatic hydroxyl groups is 2. The van der Waals surface area contributed by atoms with E-state index in [0.29, 0.717) is 0 Å². The van der Waals surface area contributed by atoms with Gasteiger partial charge in [0, 0.05) is 14.1 Å². The third kappa shape index (κ3) is 2.48. The molecule has 0 unspecified atom stereocenters. The van der Waals surface area contributed by atoms with Crippen LogP contribution in [0.2, 0.25) is 0 Å². The monoisotopic (exact) mass is 176 g/mol. The number of hydrogen-bond donors (Lipinski definition) is 4. The van der Waals surface area contributed by atoms with Crippen molar-refractivity contribution in [1.82, 2.24) is 10.6 Å². The molecular weight excluding hydrogens is 164 g/mol. The Bertz CT molecular complexity index is 162. The fraction of sp³-hybridized carbons (Fsp3) is 0.667. The van der Waals surface area contributed by atoms with E-state index in [1.165, 1.54) is 14.1 Å². The molecule has 0 radical (unpaired) electrons. The largest absolute Gasteiger partial charge is 0.380 e. The Balaban J connectivity index is 4.18. The van der Waals surface area contributed by atoms with E-state index in [9.17, 15) is 9.59 Å². The number of nitrogens with one attached hydrogen (secondary N) is 2. The summed E-state index contributed by atoms with van der Waals surface area (Å²) in [5, 5.41) is 22.1. The van der Waals surface area contributed by atoms with Gasteiger partial charge < -0.3 is 20.8 Å². The minimum Gasteiger partial charge on any atom is -0.380 e. The maximum absolute atomic E-state index is 10.7. The summed E-state index contributed by atoms with van der Waals surface area (Å²) in [6.07, 6.45) is -3.45. The number of carbonyl (C=O) groups excluding carboxylic acids is 2. The van der Waals surface area contributed by atoms with Crippen molar-refractivity contribution >= 4 is 11.8 Å². The maximum atomic E-state index is 10.7. The fourth-order valence-electron chi connectivity index (χ4n) is 0.583. The average Bonchev–Trinajstić information content (AvgIpc) is 2.12. The van der Waals surface area contributed by atoms with E-state index >= 15 is 0 Å². The second-order valence-corrected chi connectivity index (χ2v) is 2.12. The lowest BCUT2D eigenvalue weighted by molar-refractivity contribution is -0.145. The van der Waals surface area contributed by atoms with Gasteiger partial charge in [-0.25, -0.2) is 0 Å². The Kier molecular flexibility index (Phi) is 4.24. The van der Waals surface area contributed by atoms with Gasteiger partial charge in [0.05, 0.1) is 0 Å². The molecule has 0 aromatic carbocycles. The summed E-state index contributed by atoms with van der Waals surface area (Å²) in [7, 11) is 2.59. The van der Waals surface area contributed by atoms with Crippen LogP contribution in [-0.2, 0) is 9.59 Å². The quantitative estimate of drug-likeness (QED) is 0.373. The average molecular weight is 176 g/mol. The van der Waals surface area contributed by atoms with Crippen molar-refractivity contribution in [2.75, 3.05) is 14.1 Å². The third-order valence-corrected chi connectivity index (χ3v) is 1.33. The highest BCUT2D eigenvalue weighted by Crippen LogP contribution is 1.92. The van der Waals surface area contributed by atoms with Crippen LogP contribution in [0.4, 0.5) is 0 Å². The predicted octanol–water partition coefficient (Wildman–Crippen LogP) is -2.80. The molecule has 0 rings (SSSR count). The van der Waals surface area contributed by atoms with E-state index in [4.69, 9.17) is 10.2 Å². The summed E-state index contributed by atoms with van der Waals surface area (Å²) < 4.78 is 0. The molecule has 0 aromatic heterocycles. The number of aliphatic hydroxyl groups excluding tert-OH is 2. The van der Waals surface area contributed by atoms with E-state index in [1.54, 1.807) is 0 Å². The van der Waals surface area contributed by atoms with Gasteiger partial charge in [0.15, 0.2) is 12.2 Å². The Morgan fingerprint density at radius 1 is 1.00 bits per heavy atom. The number of hydrogen-bond acceptors (Lipinski definition) is 4. The summed E-state index contributed by atoms with van der Waals surface area (Å²) in [5.41, 5.74) is 0. The van der Waals surface area contributed by atoms with Crippen molar-refractivity contribution in [3.8, 4) is 0 Å². The predicted molar refractivity (Wildman–Crippen MR) is 40.1 cm³/mol. The van der Waals surface area contributed by atoms with Crippen LogP contribution in [0.25, 0.3) is 0 Å². The lowest BCUT2D eigenvalue weighted by Gasteiger charge is -2.14. The summed E-state index contributed by atoms with van der Waals surface area (Å²) in [6.45, 7) is 0. The first kappa shape index (κ1) is 10.9. The molecule has 0 aliphatic rings. The molecule has 0 heterocycles. The van der Waals surface area contributed by atoms with Gasteiger partial charge >= 0.3 is 0 Å². The van der Waals surface area contributed by atoms with Crippen LogP contribution >= 0.6 is 0 Å². The van der Waals surface area contributed by atoms with Gasteiger partial charge in [0.1, 0.15) is 0 Å². The Hall–Kier alpha value is -1.14. The molecule has 2 atom stereocenters. The summed E-state index contributed by atoms with van der Waals surface area (Å²) >= 11 is 0. The molecule has 0 aromatic rings. The van der Waals surface area contributed by atoms with Crippen LogP contribution in [0.15, 0.2) is 0 Å². The van der Waals surface area contributed by atoms with Crippen molar-refractivity contribution in [2.45, 2.75) is 12.2 Å². The molecule has 0 saturated heterocycles. The zero-order valence-electron chi connectivity index (χ0n) is 6.87. The van der Waals surface area contributed by atoms with Crippen LogP contribution in [-0.4, -0.2) is 48.3 Å². The highest BCUT2D eigenvalue weighted by atomic mass is 16.3. The summed E-state index contributed by atoms with van der Waals surface area (Å²) in [4.78, 5) is 21.3. The van der Waals surface area contributed by atoms with Crippen molar-refractivity contribution in [2.24, 2.45) is 0 Å². The maximum Gasteiger partial charge on any atom is 0.251 e. The lowest BCUT2D eigenvalue weighted by atomic mass is 10.2. The van der Waals surface area contributed by atoms with E-state index in [0.717, 1.165) is 0 Å². The third-order valence-electron chi connectivity index (χ3n) is 1.33. The summed E-state index contributed by atoms with van der Waals surface area (Å²) in [5.74, 6) is -1.60. The van der Waals surface area contributed by atoms with Crippen LogP contribution in [0.1, 0.15) is 0 Å². The molecule has 0 bridgehead atoms. The number of rotatable bonds is 3. The molecule has 2 amide bonds. The van der Waals surface area contributed by atoms with Crippen molar-refractivity contribution in [3.05, 3.63) is 0 Å². The molecule has 12 heavy (non-hydrogen) atoms. The molecule has 6 heteroatoms. The van der Waals surface area contributed by atoms with E-state index in [1.807, 2.05) is 0 Å². The second-order valence-electron chi connectivity index (χ2n) is 2.12. The van der Waals surface area contributed by atoms with Crippen molar-refractivity contribution < 1.29 is 19.8 Å². The normalized spacial score (nSPS) is 14.7. The number of carbonyl (C=O) groups is 2. The Morgan fingerprint density at radius 3 is 1.42 bits per heavy atom. The van der Waals surface area contributed by atoms with E-state index in [2.05, 4.69) is 10.6 Å². The SMILES string of the molecule is CNC(=O)[C@@H](O)[C@@H](O)C(=O)NC. The van der Waals surface area contributed by atoms with Gasteiger partial charge in [-0.2, -0.15) is 0 Å². The van der Waals surface area contributed by atoms with Gasteiger partial charge in [-0.05, 0) is 0 Å². The molecule has 0 aliphatic carbocycles. The first-order valence-corrected chi connectivity index (χ1v) is 3.34. The zero-order valence-corrected chi connectivity index (χ0v) is 6.87. The smallest absolute Gasteiger partial charge is 0.251 e.